The van der Waals surface area contributed by atoms with Crippen molar-refractivity contribution in [3.05, 3.63) is 24.4 Å². The summed E-state index contributed by atoms with van der Waals surface area (Å²) >= 11 is 0. The third-order valence-electron chi connectivity index (χ3n) is 1.52. The van der Waals surface area contributed by atoms with Gasteiger partial charge in [-0.3, -0.25) is 0 Å². The van der Waals surface area contributed by atoms with Crippen LogP contribution < -0.4 is 0 Å². The Kier molecular flexibility index (Phi) is 2.13. The first-order chi connectivity index (χ1) is 5.13. The Labute approximate surface area is 66.9 Å². The summed E-state index contributed by atoms with van der Waals surface area (Å²) in [5.41, 5.74) is 1.86. The molecule has 1 rings (SSSR count). The fourth-order valence-corrected chi connectivity index (χ4v) is 0.985. The largest absolute Gasteiger partial charge is 0.448 e. The van der Waals surface area contributed by atoms with Crippen molar-refractivity contribution in [3.63, 3.8) is 0 Å². The molecule has 0 fully saturated rings. The maximum absolute atomic E-state index is 5.22. The summed E-state index contributed by atoms with van der Waals surface area (Å²) in [4.78, 5) is 4.07. The number of hydrogen-bond acceptors (Lipinski definition) is 2. The Morgan fingerprint density at radius 2 is 2.27 bits per heavy atom. The van der Waals surface area contributed by atoms with Crippen molar-refractivity contribution in [1.29, 1.82) is 0 Å². The molecule has 0 aliphatic rings. The van der Waals surface area contributed by atoms with E-state index in [9.17, 15) is 0 Å². The molecule has 0 aliphatic carbocycles. The molecule has 0 amide bonds. The molecule has 0 unspecified atom stereocenters. The smallest absolute Gasteiger partial charge is 0.181 e. The van der Waals surface area contributed by atoms with Gasteiger partial charge in [0.2, 0.25) is 0 Å². The highest BCUT2D eigenvalue weighted by Crippen LogP contribution is 2.22. The molecule has 11 heavy (non-hydrogen) atoms. The Balaban J connectivity index is 3.06. The first kappa shape index (κ1) is 8.05. The van der Waals surface area contributed by atoms with Crippen LogP contribution in [0.1, 0.15) is 38.1 Å². The van der Waals surface area contributed by atoms with E-state index < -0.39 is 0 Å². The normalized spacial score (nSPS) is 10.5. The van der Waals surface area contributed by atoms with Crippen LogP contribution in [0.15, 0.2) is 17.4 Å². The number of nitrogens with zero attached hydrogens (tertiary/aromatic N) is 1. The van der Waals surface area contributed by atoms with Crippen molar-refractivity contribution in [2.24, 2.45) is 0 Å². The molecule has 1 heterocycles. The molecule has 0 aromatic carbocycles. The summed E-state index contributed by atoms with van der Waals surface area (Å²) in [5, 5.41) is 0. The SMILES string of the molecule is C=C(C)c1ncoc1C(C)C. The second-order valence-electron chi connectivity index (χ2n) is 3.00. The van der Waals surface area contributed by atoms with E-state index >= 15 is 0 Å². The number of rotatable bonds is 2. The average molecular weight is 151 g/mol. The molecule has 0 radical (unpaired) electrons. The van der Waals surface area contributed by atoms with Gasteiger partial charge in [-0.1, -0.05) is 20.4 Å². The summed E-state index contributed by atoms with van der Waals surface area (Å²) in [5.74, 6) is 1.31. The molecule has 60 valence electrons. The van der Waals surface area contributed by atoms with Crippen LogP contribution in [0.5, 0.6) is 0 Å². The number of aromatic nitrogens is 1. The van der Waals surface area contributed by atoms with E-state index in [1.165, 1.54) is 6.39 Å². The Bertz CT molecular complexity index is 260. The van der Waals surface area contributed by atoms with E-state index in [1.54, 1.807) is 0 Å². The van der Waals surface area contributed by atoms with E-state index in [4.69, 9.17) is 4.42 Å². The van der Waals surface area contributed by atoms with Gasteiger partial charge in [0.05, 0.1) is 0 Å². The quantitative estimate of drug-likeness (QED) is 0.649. The minimum absolute atomic E-state index is 0.379. The van der Waals surface area contributed by atoms with E-state index in [0.29, 0.717) is 5.92 Å². The number of hydrogen-bond donors (Lipinski definition) is 0. The lowest BCUT2D eigenvalue weighted by Gasteiger charge is -2.01. The predicted molar refractivity (Wildman–Crippen MR) is 45.3 cm³/mol. The Morgan fingerprint density at radius 1 is 1.64 bits per heavy atom. The van der Waals surface area contributed by atoms with Gasteiger partial charge in [0.15, 0.2) is 6.39 Å². The number of oxazole rings is 1. The minimum Gasteiger partial charge on any atom is -0.448 e. The zero-order chi connectivity index (χ0) is 8.43. The molecule has 0 bridgehead atoms. The molecular formula is C9H13NO. The molecule has 0 saturated heterocycles. The van der Waals surface area contributed by atoms with Crippen molar-refractivity contribution in [3.8, 4) is 0 Å². The van der Waals surface area contributed by atoms with Crippen LogP contribution in [0.25, 0.3) is 5.57 Å². The molecule has 0 aliphatic heterocycles. The van der Waals surface area contributed by atoms with Crippen LogP contribution in [0.2, 0.25) is 0 Å². The molecule has 0 atom stereocenters. The first-order valence-electron chi connectivity index (χ1n) is 3.72. The summed E-state index contributed by atoms with van der Waals surface area (Å²) in [6, 6.07) is 0. The van der Waals surface area contributed by atoms with Gasteiger partial charge in [0.1, 0.15) is 11.5 Å². The van der Waals surface area contributed by atoms with Gasteiger partial charge in [0, 0.05) is 5.92 Å². The maximum Gasteiger partial charge on any atom is 0.181 e. The molecule has 0 N–H and O–H groups in total. The Morgan fingerprint density at radius 3 is 2.64 bits per heavy atom. The summed E-state index contributed by atoms with van der Waals surface area (Å²) in [6.45, 7) is 9.91. The predicted octanol–water partition coefficient (Wildman–Crippen LogP) is 2.83. The summed E-state index contributed by atoms with van der Waals surface area (Å²) in [7, 11) is 0. The molecule has 1 aromatic heterocycles. The average Bonchev–Trinajstić information content (AvgIpc) is 2.32. The molecule has 2 heteroatoms. The monoisotopic (exact) mass is 151 g/mol. The van der Waals surface area contributed by atoms with E-state index in [-0.39, 0.29) is 0 Å². The van der Waals surface area contributed by atoms with Crippen LogP contribution >= 0.6 is 0 Å². The highest BCUT2D eigenvalue weighted by atomic mass is 16.3. The van der Waals surface area contributed by atoms with Crippen LogP contribution in [-0.4, -0.2) is 4.98 Å². The summed E-state index contributed by atoms with van der Waals surface area (Å²) < 4.78 is 5.22. The highest BCUT2D eigenvalue weighted by molar-refractivity contribution is 5.59. The lowest BCUT2D eigenvalue weighted by Crippen LogP contribution is -1.89. The molecule has 0 saturated carbocycles. The van der Waals surface area contributed by atoms with Crippen molar-refractivity contribution in [1.82, 2.24) is 4.98 Å². The van der Waals surface area contributed by atoms with Gasteiger partial charge in [-0.2, -0.15) is 0 Å². The lowest BCUT2D eigenvalue weighted by atomic mass is 10.1. The molecular weight excluding hydrogens is 138 g/mol. The molecule has 2 nitrogen and oxygen atoms in total. The van der Waals surface area contributed by atoms with E-state index in [2.05, 4.69) is 25.4 Å². The van der Waals surface area contributed by atoms with Gasteiger partial charge in [-0.05, 0) is 12.5 Å². The fourth-order valence-electron chi connectivity index (χ4n) is 0.985. The van der Waals surface area contributed by atoms with E-state index in [1.807, 2.05) is 6.92 Å². The zero-order valence-electron chi connectivity index (χ0n) is 7.22. The molecule has 0 spiro atoms. The second kappa shape index (κ2) is 2.91. The van der Waals surface area contributed by atoms with Crippen molar-refractivity contribution < 1.29 is 4.42 Å². The third kappa shape index (κ3) is 1.50. The maximum atomic E-state index is 5.22. The van der Waals surface area contributed by atoms with Crippen LogP contribution in [0, 0.1) is 0 Å². The van der Waals surface area contributed by atoms with Gasteiger partial charge in [0.25, 0.3) is 0 Å². The summed E-state index contributed by atoms with van der Waals surface area (Å²) in [6.07, 6.45) is 1.47. The topological polar surface area (TPSA) is 26.0 Å². The minimum atomic E-state index is 0.379. The van der Waals surface area contributed by atoms with Gasteiger partial charge in [-0.15, -0.1) is 0 Å². The van der Waals surface area contributed by atoms with Crippen LogP contribution in [0.3, 0.4) is 0 Å². The van der Waals surface area contributed by atoms with Crippen LogP contribution in [0.4, 0.5) is 0 Å². The molecule has 1 aromatic rings. The van der Waals surface area contributed by atoms with Crippen molar-refractivity contribution in [2.45, 2.75) is 26.7 Å². The highest BCUT2D eigenvalue weighted by Gasteiger charge is 2.11. The van der Waals surface area contributed by atoms with Crippen molar-refractivity contribution >= 4 is 5.57 Å². The van der Waals surface area contributed by atoms with Gasteiger partial charge >= 0.3 is 0 Å². The van der Waals surface area contributed by atoms with Gasteiger partial charge in [-0.25, -0.2) is 4.98 Å². The van der Waals surface area contributed by atoms with Gasteiger partial charge < -0.3 is 4.42 Å². The Hall–Kier alpha value is -1.05. The first-order valence-corrected chi connectivity index (χ1v) is 3.72. The standard InChI is InChI=1S/C9H13NO/c1-6(2)8-9(7(3)4)11-5-10-8/h5,7H,1H2,2-4H3. The number of allylic oxidation sites excluding steroid dienone is 1. The van der Waals surface area contributed by atoms with Crippen molar-refractivity contribution in [2.75, 3.05) is 0 Å². The zero-order valence-corrected chi connectivity index (χ0v) is 7.22. The van der Waals surface area contributed by atoms with E-state index in [0.717, 1.165) is 17.0 Å². The van der Waals surface area contributed by atoms with Crippen LogP contribution in [-0.2, 0) is 0 Å². The lowest BCUT2D eigenvalue weighted by molar-refractivity contribution is 0.481. The third-order valence-corrected chi connectivity index (χ3v) is 1.52. The fraction of sp³-hybridized carbons (Fsp3) is 0.444. The second-order valence-corrected chi connectivity index (χ2v) is 3.00.